The average Bonchev–Trinajstić information content (AvgIpc) is 2.35. The molecule has 17 heavy (non-hydrogen) atoms. The van der Waals surface area contributed by atoms with Gasteiger partial charge in [-0.05, 0) is 30.6 Å². The van der Waals surface area contributed by atoms with Crippen molar-refractivity contribution in [2.75, 3.05) is 6.54 Å². The molecule has 0 aromatic carbocycles. The van der Waals surface area contributed by atoms with E-state index in [9.17, 15) is 4.79 Å². The molecule has 0 radical (unpaired) electrons. The lowest BCUT2D eigenvalue weighted by Gasteiger charge is -2.28. The third kappa shape index (κ3) is 4.99. The summed E-state index contributed by atoms with van der Waals surface area (Å²) in [5.41, 5.74) is 0. The fraction of sp³-hybridized carbons (Fsp3) is 0.929. The summed E-state index contributed by atoms with van der Waals surface area (Å²) < 4.78 is 0. The van der Waals surface area contributed by atoms with Gasteiger partial charge in [-0.1, -0.05) is 56.0 Å². The van der Waals surface area contributed by atoms with E-state index >= 15 is 0 Å². The van der Waals surface area contributed by atoms with E-state index in [1.165, 1.54) is 32.1 Å². The van der Waals surface area contributed by atoms with Gasteiger partial charge in [-0.15, -0.1) is 0 Å². The van der Waals surface area contributed by atoms with Gasteiger partial charge in [0.15, 0.2) is 0 Å². The molecule has 0 saturated heterocycles. The smallest absolute Gasteiger partial charge is 0.234 e. The van der Waals surface area contributed by atoms with E-state index in [0.717, 1.165) is 12.5 Å². The topological polar surface area (TPSA) is 29.1 Å². The van der Waals surface area contributed by atoms with Gasteiger partial charge in [0.2, 0.25) is 5.91 Å². The molecule has 0 spiro atoms. The highest BCUT2D eigenvalue weighted by Gasteiger charge is 2.22. The number of carbonyl (C=O) groups excluding carboxylic acids is 1. The van der Waals surface area contributed by atoms with Crippen LogP contribution in [0, 0.1) is 17.8 Å². The molecule has 0 aromatic rings. The zero-order chi connectivity index (χ0) is 12.8. The molecule has 1 saturated carbocycles. The van der Waals surface area contributed by atoms with Gasteiger partial charge in [-0.2, -0.15) is 0 Å². The lowest BCUT2D eigenvalue weighted by molar-refractivity contribution is -0.121. The van der Waals surface area contributed by atoms with Gasteiger partial charge in [0.25, 0.3) is 0 Å². The van der Waals surface area contributed by atoms with Crippen LogP contribution < -0.4 is 5.32 Å². The van der Waals surface area contributed by atoms with E-state index in [-0.39, 0.29) is 10.7 Å². The van der Waals surface area contributed by atoms with Crippen LogP contribution >= 0.6 is 15.9 Å². The molecule has 1 rings (SSSR count). The van der Waals surface area contributed by atoms with Gasteiger partial charge in [0, 0.05) is 6.54 Å². The maximum Gasteiger partial charge on any atom is 0.234 e. The molecule has 3 heteroatoms. The largest absolute Gasteiger partial charge is 0.355 e. The second kappa shape index (κ2) is 7.40. The van der Waals surface area contributed by atoms with Crippen LogP contribution in [-0.2, 0) is 4.79 Å². The molecule has 1 N–H and O–H groups in total. The number of amides is 1. The summed E-state index contributed by atoms with van der Waals surface area (Å²) in [4.78, 5) is 11.7. The van der Waals surface area contributed by atoms with Crippen LogP contribution in [0.25, 0.3) is 0 Å². The lowest BCUT2D eigenvalue weighted by atomic mass is 9.81. The second-order valence-corrected chi connectivity index (χ2v) is 6.67. The zero-order valence-electron chi connectivity index (χ0n) is 11.3. The summed E-state index contributed by atoms with van der Waals surface area (Å²) in [6.07, 6.45) is 6.58. The molecule has 1 aliphatic carbocycles. The van der Waals surface area contributed by atoms with Gasteiger partial charge in [-0.3, -0.25) is 4.79 Å². The van der Waals surface area contributed by atoms with Gasteiger partial charge in [0.05, 0.1) is 4.83 Å². The van der Waals surface area contributed by atoms with Crippen LogP contribution in [0.1, 0.15) is 52.9 Å². The van der Waals surface area contributed by atoms with E-state index < -0.39 is 0 Å². The summed E-state index contributed by atoms with van der Waals surface area (Å²) in [5, 5.41) is 3.08. The number of hydrogen-bond acceptors (Lipinski definition) is 1. The summed E-state index contributed by atoms with van der Waals surface area (Å²) in [7, 11) is 0. The van der Waals surface area contributed by atoms with Crippen molar-refractivity contribution < 1.29 is 4.79 Å². The van der Waals surface area contributed by atoms with Gasteiger partial charge in [0.1, 0.15) is 0 Å². The molecule has 1 atom stereocenters. The molecule has 1 unspecified atom stereocenters. The predicted molar refractivity (Wildman–Crippen MR) is 76.3 cm³/mol. The molecule has 1 amide bonds. The highest BCUT2D eigenvalue weighted by Crippen LogP contribution is 2.30. The Hall–Kier alpha value is -0.0500. The summed E-state index contributed by atoms with van der Waals surface area (Å²) in [5.74, 6) is 2.14. The minimum atomic E-state index is -0.0468. The highest BCUT2D eigenvalue weighted by atomic mass is 79.9. The SMILES string of the molecule is CCC1CCC(CNC(=O)C(Br)C(C)C)CC1. The molecule has 2 nitrogen and oxygen atoms in total. The van der Waals surface area contributed by atoms with Gasteiger partial charge >= 0.3 is 0 Å². The van der Waals surface area contributed by atoms with Crippen LogP contribution in [0.3, 0.4) is 0 Å². The highest BCUT2D eigenvalue weighted by molar-refractivity contribution is 9.10. The van der Waals surface area contributed by atoms with Crippen LogP contribution in [0.4, 0.5) is 0 Å². The minimum absolute atomic E-state index is 0.0468. The molecular formula is C14H26BrNO. The third-order valence-electron chi connectivity index (χ3n) is 3.94. The van der Waals surface area contributed by atoms with Crippen molar-refractivity contribution in [2.24, 2.45) is 17.8 Å². The number of hydrogen-bond donors (Lipinski definition) is 1. The molecule has 1 fully saturated rings. The van der Waals surface area contributed by atoms with E-state index in [0.29, 0.717) is 11.8 Å². The van der Waals surface area contributed by atoms with Crippen molar-refractivity contribution in [2.45, 2.75) is 57.7 Å². The lowest BCUT2D eigenvalue weighted by Crippen LogP contribution is -2.37. The number of nitrogens with one attached hydrogen (secondary N) is 1. The van der Waals surface area contributed by atoms with Crippen LogP contribution in [0.15, 0.2) is 0 Å². The fourth-order valence-electron chi connectivity index (χ4n) is 2.49. The normalized spacial score (nSPS) is 26.9. The van der Waals surface area contributed by atoms with E-state index in [4.69, 9.17) is 0 Å². The van der Waals surface area contributed by atoms with Crippen molar-refractivity contribution in [3.8, 4) is 0 Å². The molecule has 0 bridgehead atoms. The van der Waals surface area contributed by atoms with Crippen molar-refractivity contribution in [1.82, 2.24) is 5.32 Å². The molecular weight excluding hydrogens is 278 g/mol. The Bertz CT molecular complexity index is 234. The van der Waals surface area contributed by atoms with Crippen molar-refractivity contribution in [3.05, 3.63) is 0 Å². The van der Waals surface area contributed by atoms with E-state index in [1.54, 1.807) is 0 Å². The third-order valence-corrected chi connectivity index (χ3v) is 5.42. The standard InChI is InChI=1S/C14H26BrNO/c1-4-11-5-7-12(8-6-11)9-16-14(17)13(15)10(2)3/h10-13H,4-9H2,1-3H3,(H,16,17). The van der Waals surface area contributed by atoms with E-state index in [1.807, 2.05) is 0 Å². The van der Waals surface area contributed by atoms with Crippen molar-refractivity contribution in [3.63, 3.8) is 0 Å². The average molecular weight is 304 g/mol. The number of alkyl halides is 1. The summed E-state index contributed by atoms with van der Waals surface area (Å²) in [6, 6.07) is 0. The minimum Gasteiger partial charge on any atom is -0.355 e. The Balaban J connectivity index is 2.21. The molecule has 100 valence electrons. The fourth-order valence-corrected chi connectivity index (χ4v) is 2.65. The van der Waals surface area contributed by atoms with E-state index in [2.05, 4.69) is 42.0 Å². The second-order valence-electron chi connectivity index (χ2n) is 5.69. The zero-order valence-corrected chi connectivity index (χ0v) is 12.9. The van der Waals surface area contributed by atoms with Crippen molar-refractivity contribution >= 4 is 21.8 Å². The molecule has 1 aliphatic rings. The number of rotatable bonds is 5. The Morgan fingerprint density at radius 1 is 1.24 bits per heavy atom. The summed E-state index contributed by atoms with van der Waals surface area (Å²) >= 11 is 3.44. The first-order chi connectivity index (χ1) is 8.04. The Labute approximate surface area is 114 Å². The molecule has 0 aromatic heterocycles. The maximum absolute atomic E-state index is 11.8. The van der Waals surface area contributed by atoms with Crippen LogP contribution in [0.5, 0.6) is 0 Å². The number of halogens is 1. The quantitative estimate of drug-likeness (QED) is 0.770. The summed E-state index contributed by atoms with van der Waals surface area (Å²) in [6.45, 7) is 7.27. The Kier molecular flexibility index (Phi) is 6.53. The van der Waals surface area contributed by atoms with Gasteiger partial charge in [-0.25, -0.2) is 0 Å². The first-order valence-electron chi connectivity index (χ1n) is 6.96. The van der Waals surface area contributed by atoms with Gasteiger partial charge < -0.3 is 5.32 Å². The Morgan fingerprint density at radius 2 is 1.76 bits per heavy atom. The molecule has 0 heterocycles. The Morgan fingerprint density at radius 3 is 2.24 bits per heavy atom. The maximum atomic E-state index is 11.8. The monoisotopic (exact) mass is 303 g/mol. The van der Waals surface area contributed by atoms with Crippen LogP contribution in [-0.4, -0.2) is 17.3 Å². The predicted octanol–water partition coefficient (Wildman–Crippen LogP) is 3.74. The first kappa shape index (κ1) is 15.0. The first-order valence-corrected chi connectivity index (χ1v) is 7.87. The van der Waals surface area contributed by atoms with Crippen molar-refractivity contribution in [1.29, 1.82) is 0 Å². The molecule has 0 aliphatic heterocycles. The van der Waals surface area contributed by atoms with Crippen LogP contribution in [0.2, 0.25) is 0 Å². The number of carbonyl (C=O) groups is 1.